The van der Waals surface area contributed by atoms with Crippen LogP contribution < -0.4 is 5.32 Å². The maximum absolute atomic E-state index is 11.0. The number of hydrogen-bond acceptors (Lipinski definition) is 8. The number of aromatic nitrogens is 2. The molecule has 9 nitrogen and oxygen atoms in total. The van der Waals surface area contributed by atoms with Crippen LogP contribution in [0.2, 0.25) is 0 Å². The minimum absolute atomic E-state index is 0.527. The molecule has 0 radical (unpaired) electrons. The zero-order valence-corrected chi connectivity index (χ0v) is 16.2. The fourth-order valence-electron chi connectivity index (χ4n) is 3.19. The van der Waals surface area contributed by atoms with Gasteiger partial charge >= 0.3 is 0 Å². The van der Waals surface area contributed by atoms with E-state index in [2.05, 4.69) is 27.4 Å². The number of aliphatic hydroxyl groups excluding tert-OH is 4. The van der Waals surface area contributed by atoms with Crippen LogP contribution in [0.4, 0.5) is 0 Å². The lowest BCUT2D eigenvalue weighted by Gasteiger charge is -2.37. The molecule has 1 aromatic carbocycles. The van der Waals surface area contributed by atoms with Crippen molar-refractivity contribution in [3.63, 3.8) is 0 Å². The largest absolute Gasteiger partial charge is 0.394 e. The minimum atomic E-state index is -1.50. The number of aromatic amines is 1. The molecule has 0 saturated carbocycles. The van der Waals surface area contributed by atoms with Crippen molar-refractivity contribution in [1.82, 2.24) is 15.5 Å². The quantitative estimate of drug-likeness (QED) is 0.159. The smallest absolute Gasteiger partial charge is 0.147 e. The van der Waals surface area contributed by atoms with E-state index < -0.39 is 37.1 Å². The second kappa shape index (κ2) is 9.67. The number of nitrogens with one attached hydrogen (secondary N) is 2. The van der Waals surface area contributed by atoms with Gasteiger partial charge in [-0.05, 0) is 41.6 Å². The van der Waals surface area contributed by atoms with Crippen LogP contribution in [-0.4, -0.2) is 81.1 Å². The molecule has 1 fully saturated rings. The molecular weight excluding hydrogens is 390 g/mol. The van der Waals surface area contributed by atoms with Gasteiger partial charge in [0, 0.05) is 12.4 Å². The summed E-state index contributed by atoms with van der Waals surface area (Å²) < 4.78 is 5.43. The van der Waals surface area contributed by atoms with Gasteiger partial charge in [0.05, 0.1) is 23.9 Å². The van der Waals surface area contributed by atoms with E-state index >= 15 is 0 Å². The molecule has 0 spiro atoms. The topological polar surface area (TPSA) is 148 Å². The summed E-state index contributed by atoms with van der Waals surface area (Å²) in [6.45, 7) is -0.527. The number of aliphatic hydroxyl groups is 4. The van der Waals surface area contributed by atoms with Crippen LogP contribution in [0.5, 0.6) is 0 Å². The molecule has 30 heavy (non-hydrogen) atoms. The Balaban J connectivity index is 2.01. The van der Waals surface area contributed by atoms with Crippen LogP contribution in [0, 0.1) is 11.8 Å². The molecule has 3 rings (SSSR count). The van der Waals surface area contributed by atoms with E-state index in [1.54, 1.807) is 31.6 Å². The van der Waals surface area contributed by atoms with Gasteiger partial charge in [-0.1, -0.05) is 11.8 Å². The van der Waals surface area contributed by atoms with Gasteiger partial charge in [0.25, 0.3) is 0 Å². The van der Waals surface area contributed by atoms with E-state index in [0.717, 1.165) is 10.9 Å². The van der Waals surface area contributed by atoms with E-state index in [9.17, 15) is 25.2 Å². The summed E-state index contributed by atoms with van der Waals surface area (Å²) in [5, 5.41) is 49.8. The molecule has 1 aliphatic heterocycles. The van der Waals surface area contributed by atoms with Crippen molar-refractivity contribution in [2.24, 2.45) is 0 Å². The number of carbonyl (C=O) groups excluding carboxylic acids is 1. The summed E-state index contributed by atoms with van der Waals surface area (Å²) >= 11 is 0. The van der Waals surface area contributed by atoms with Gasteiger partial charge in [0.15, 0.2) is 0 Å². The van der Waals surface area contributed by atoms with Crippen LogP contribution >= 0.6 is 0 Å². The zero-order valence-electron chi connectivity index (χ0n) is 16.2. The first-order valence-electron chi connectivity index (χ1n) is 9.29. The molecule has 0 bridgehead atoms. The first-order chi connectivity index (χ1) is 14.5. The number of allylic oxidation sites excluding steroid dienone is 3. The highest BCUT2D eigenvalue weighted by Crippen LogP contribution is 2.25. The van der Waals surface area contributed by atoms with E-state index in [1.807, 2.05) is 6.07 Å². The number of aldehydes is 1. The van der Waals surface area contributed by atoms with Crippen LogP contribution in [0.1, 0.15) is 11.1 Å². The number of H-pyrrole nitrogens is 1. The third kappa shape index (κ3) is 4.43. The maximum Gasteiger partial charge on any atom is 0.147 e. The van der Waals surface area contributed by atoms with Gasteiger partial charge in [0.1, 0.15) is 36.8 Å². The SMILES string of the molecule is CN/C=C\C(=C/C=O)c1cc(C#CC2OC(CO)[C@@H](O)C(O)C2O)c2[nH]ncc2c1. The predicted octanol–water partition coefficient (Wildman–Crippen LogP) is -0.928. The lowest BCUT2D eigenvalue weighted by Crippen LogP contribution is -2.58. The minimum Gasteiger partial charge on any atom is -0.394 e. The van der Waals surface area contributed by atoms with Crippen LogP contribution in [0.3, 0.4) is 0 Å². The number of hydrogen-bond donors (Lipinski definition) is 6. The third-order valence-electron chi connectivity index (χ3n) is 4.80. The first kappa shape index (κ1) is 21.7. The molecule has 2 aromatic rings. The number of benzene rings is 1. The Morgan fingerprint density at radius 3 is 2.80 bits per heavy atom. The van der Waals surface area contributed by atoms with Crippen molar-refractivity contribution >= 4 is 22.8 Å². The standard InChI is InChI=1S/C21H23N3O6/c1-22-6-4-12(5-7-25)14-8-13(18-15(9-14)10-23-24-18)2-3-16-19(27)21(29)20(28)17(11-26)30-16/h4-10,16-17,19-22,26-29H,11H2,1H3,(H,23,24)/b6-4-,12-5+/t16?,17?,19?,20-,21?/m1/s1. The fourth-order valence-corrected chi connectivity index (χ4v) is 3.19. The maximum atomic E-state index is 11.0. The Kier molecular flexibility index (Phi) is 6.99. The summed E-state index contributed by atoms with van der Waals surface area (Å²) in [6, 6.07) is 3.61. The van der Waals surface area contributed by atoms with Crippen molar-refractivity contribution < 1.29 is 30.0 Å². The normalized spacial score (nSPS) is 27.1. The molecule has 0 aliphatic carbocycles. The highest BCUT2D eigenvalue weighted by molar-refractivity contribution is 5.92. The van der Waals surface area contributed by atoms with Crippen molar-refractivity contribution in [2.75, 3.05) is 13.7 Å². The highest BCUT2D eigenvalue weighted by atomic mass is 16.5. The summed E-state index contributed by atoms with van der Waals surface area (Å²) in [4.78, 5) is 11.0. The average molecular weight is 413 g/mol. The van der Waals surface area contributed by atoms with E-state index in [-0.39, 0.29) is 0 Å². The molecule has 1 aromatic heterocycles. The predicted molar refractivity (Wildman–Crippen MR) is 109 cm³/mol. The lowest BCUT2D eigenvalue weighted by atomic mass is 9.95. The van der Waals surface area contributed by atoms with Crippen LogP contribution in [0.15, 0.2) is 36.7 Å². The van der Waals surface area contributed by atoms with Crippen molar-refractivity contribution in [2.45, 2.75) is 30.5 Å². The third-order valence-corrected chi connectivity index (χ3v) is 4.80. The molecule has 158 valence electrons. The second-order valence-corrected chi connectivity index (χ2v) is 6.76. The number of ether oxygens (including phenoxy) is 1. The molecule has 2 heterocycles. The second-order valence-electron chi connectivity index (χ2n) is 6.76. The average Bonchev–Trinajstić information content (AvgIpc) is 3.23. The summed E-state index contributed by atoms with van der Waals surface area (Å²) in [6.07, 6.45) is 0.629. The van der Waals surface area contributed by atoms with Crippen LogP contribution in [0.25, 0.3) is 16.5 Å². The molecule has 0 amide bonds. The Labute approximate surface area is 172 Å². The Hall–Kier alpha value is -3.00. The van der Waals surface area contributed by atoms with Crippen LogP contribution in [-0.2, 0) is 9.53 Å². The highest BCUT2D eigenvalue weighted by Gasteiger charge is 2.42. The number of fused-ring (bicyclic) bond motifs is 1. The van der Waals surface area contributed by atoms with Crippen molar-refractivity contribution in [1.29, 1.82) is 0 Å². The molecule has 9 heteroatoms. The van der Waals surface area contributed by atoms with Crippen molar-refractivity contribution in [3.05, 3.63) is 47.8 Å². The molecule has 4 unspecified atom stereocenters. The monoisotopic (exact) mass is 413 g/mol. The Morgan fingerprint density at radius 1 is 1.30 bits per heavy atom. The molecular formula is C21H23N3O6. The molecule has 6 N–H and O–H groups in total. The van der Waals surface area contributed by atoms with Gasteiger partial charge in [-0.3, -0.25) is 9.89 Å². The number of nitrogens with zero attached hydrogens (tertiary/aromatic N) is 1. The number of rotatable bonds is 5. The zero-order chi connectivity index (χ0) is 21.7. The van der Waals surface area contributed by atoms with Gasteiger partial charge < -0.3 is 30.5 Å². The van der Waals surface area contributed by atoms with Gasteiger partial charge in [-0.25, -0.2) is 0 Å². The Morgan fingerprint density at radius 2 is 2.10 bits per heavy atom. The van der Waals surface area contributed by atoms with Gasteiger partial charge in [0.2, 0.25) is 0 Å². The van der Waals surface area contributed by atoms with Crippen molar-refractivity contribution in [3.8, 4) is 11.8 Å². The molecule has 1 saturated heterocycles. The Bertz CT molecular complexity index is 1020. The summed E-state index contributed by atoms with van der Waals surface area (Å²) in [7, 11) is 1.74. The summed E-state index contributed by atoms with van der Waals surface area (Å²) in [5.41, 5.74) is 2.56. The lowest BCUT2D eigenvalue weighted by molar-refractivity contribution is -0.214. The number of carbonyl (C=O) groups is 1. The van der Waals surface area contributed by atoms with E-state index in [0.29, 0.717) is 22.9 Å². The summed E-state index contributed by atoms with van der Waals surface area (Å²) in [5.74, 6) is 5.67. The van der Waals surface area contributed by atoms with E-state index in [4.69, 9.17) is 4.74 Å². The van der Waals surface area contributed by atoms with Gasteiger partial charge in [-0.15, -0.1) is 0 Å². The van der Waals surface area contributed by atoms with E-state index in [1.165, 1.54) is 6.08 Å². The molecule has 1 aliphatic rings. The first-order valence-corrected chi connectivity index (χ1v) is 9.29. The molecule has 5 atom stereocenters. The fraction of sp³-hybridized carbons (Fsp3) is 0.333. The van der Waals surface area contributed by atoms with Gasteiger partial charge in [-0.2, -0.15) is 5.10 Å².